The van der Waals surface area contributed by atoms with Crippen LogP contribution in [0.25, 0.3) is 0 Å². The van der Waals surface area contributed by atoms with Crippen molar-refractivity contribution in [3.63, 3.8) is 0 Å². The topological polar surface area (TPSA) is 49.8 Å². The molecule has 1 aliphatic rings. The number of hydrogen-bond donors (Lipinski definition) is 1. The van der Waals surface area contributed by atoms with Gasteiger partial charge in [0, 0.05) is 22.6 Å². The first kappa shape index (κ1) is 21.1. The van der Waals surface area contributed by atoms with E-state index in [-0.39, 0.29) is 17.6 Å². The molecule has 0 saturated carbocycles. The van der Waals surface area contributed by atoms with Gasteiger partial charge in [-0.25, -0.2) is 4.79 Å². The Morgan fingerprint density at radius 3 is 2.73 bits per heavy atom. The number of benzene rings is 1. The van der Waals surface area contributed by atoms with E-state index < -0.39 is 6.09 Å². The van der Waals surface area contributed by atoms with E-state index in [1.54, 1.807) is 4.90 Å². The van der Waals surface area contributed by atoms with Crippen LogP contribution in [0.15, 0.2) is 22.7 Å². The molecule has 1 fully saturated rings. The predicted octanol–water partition coefficient (Wildman–Crippen LogP) is 6.11. The maximum atomic E-state index is 11.5. The van der Waals surface area contributed by atoms with Crippen LogP contribution in [-0.4, -0.2) is 34.8 Å². The number of piperidine rings is 1. The van der Waals surface area contributed by atoms with Crippen LogP contribution in [0.3, 0.4) is 0 Å². The smallest absolute Gasteiger partial charge is 0.407 e. The number of hydrogen-bond acceptors (Lipinski definition) is 2. The molecule has 1 saturated heterocycles. The van der Waals surface area contributed by atoms with Crippen LogP contribution in [0, 0.1) is 18.3 Å². The van der Waals surface area contributed by atoms with E-state index in [1.165, 1.54) is 0 Å². The van der Waals surface area contributed by atoms with Crippen molar-refractivity contribution < 1.29 is 14.6 Å². The summed E-state index contributed by atoms with van der Waals surface area (Å²) >= 11 is 3.55. The summed E-state index contributed by atoms with van der Waals surface area (Å²) < 4.78 is 7.20. The minimum absolute atomic E-state index is 0.0351. The van der Waals surface area contributed by atoms with Crippen LogP contribution >= 0.6 is 15.9 Å². The zero-order chi connectivity index (χ0) is 19.5. The maximum Gasteiger partial charge on any atom is 0.407 e. The first-order valence-electron chi connectivity index (χ1n) is 9.51. The van der Waals surface area contributed by atoms with E-state index in [4.69, 9.17) is 4.74 Å². The summed E-state index contributed by atoms with van der Waals surface area (Å²) in [6.07, 6.45) is 3.31. The number of nitrogens with zero attached hydrogens (tertiary/aromatic N) is 1. The minimum Gasteiger partial charge on any atom is -0.490 e. The number of ether oxygens (including phenoxy) is 1. The lowest BCUT2D eigenvalue weighted by atomic mass is 9.76. The molecule has 2 rings (SSSR count). The molecule has 26 heavy (non-hydrogen) atoms. The van der Waals surface area contributed by atoms with Gasteiger partial charge in [-0.3, -0.25) is 0 Å². The molecule has 5 heteroatoms. The number of amides is 1. The second kappa shape index (κ2) is 8.64. The van der Waals surface area contributed by atoms with Crippen molar-refractivity contribution in [2.75, 3.05) is 6.54 Å². The first-order chi connectivity index (χ1) is 12.1. The summed E-state index contributed by atoms with van der Waals surface area (Å²) in [7, 11) is 0. The third-order valence-electron chi connectivity index (χ3n) is 5.48. The van der Waals surface area contributed by atoms with Gasteiger partial charge in [0.05, 0.1) is 6.10 Å². The molecular formula is C21H32BrNO3. The molecule has 146 valence electrons. The van der Waals surface area contributed by atoms with Crippen LogP contribution in [0.2, 0.25) is 0 Å². The SMILES string of the molecule is Cc1c(Br)cccc1O[C@@H](C)CCC1CCN(C(=O)O)C(C(C)(C)C)C1. The Bertz CT molecular complexity index is 626. The molecule has 0 radical (unpaired) electrons. The number of likely N-dealkylation sites (tertiary alicyclic amines) is 1. The van der Waals surface area contributed by atoms with Crippen molar-refractivity contribution in [2.45, 2.75) is 72.4 Å². The summed E-state index contributed by atoms with van der Waals surface area (Å²) in [5.74, 6) is 1.49. The molecule has 1 aromatic rings. The van der Waals surface area contributed by atoms with Crippen LogP contribution < -0.4 is 4.74 Å². The Kier molecular flexibility index (Phi) is 7.00. The lowest BCUT2D eigenvalue weighted by molar-refractivity contribution is 0.0365. The highest BCUT2D eigenvalue weighted by Crippen LogP contribution is 2.36. The predicted molar refractivity (Wildman–Crippen MR) is 109 cm³/mol. The number of carboxylic acid groups (broad SMARTS) is 1. The highest BCUT2D eigenvalue weighted by atomic mass is 79.9. The van der Waals surface area contributed by atoms with E-state index in [9.17, 15) is 9.90 Å². The molecule has 1 aliphatic heterocycles. The van der Waals surface area contributed by atoms with E-state index in [2.05, 4.69) is 50.5 Å². The monoisotopic (exact) mass is 425 g/mol. The van der Waals surface area contributed by atoms with Gasteiger partial charge >= 0.3 is 6.09 Å². The quantitative estimate of drug-likeness (QED) is 0.618. The standard InChI is InChI=1S/C21H32BrNO3/c1-14(26-18-8-6-7-17(22)15(18)2)9-10-16-11-12-23(20(24)25)19(13-16)21(3,4)5/h6-8,14,16,19H,9-13H2,1-5H3,(H,24,25)/t14-,16?,19?/m0/s1. The molecule has 3 atom stereocenters. The van der Waals surface area contributed by atoms with Gasteiger partial charge in [-0.05, 0) is 63.0 Å². The molecule has 1 heterocycles. The highest BCUT2D eigenvalue weighted by Gasteiger charge is 2.38. The van der Waals surface area contributed by atoms with Crippen LogP contribution in [0.4, 0.5) is 4.79 Å². The molecule has 0 spiro atoms. The third-order valence-corrected chi connectivity index (χ3v) is 6.34. The molecule has 1 N–H and O–H groups in total. The summed E-state index contributed by atoms with van der Waals surface area (Å²) in [5.41, 5.74) is 1.09. The van der Waals surface area contributed by atoms with Crippen molar-refractivity contribution in [2.24, 2.45) is 11.3 Å². The van der Waals surface area contributed by atoms with Gasteiger partial charge in [-0.2, -0.15) is 0 Å². The number of carbonyl (C=O) groups is 1. The van der Waals surface area contributed by atoms with Gasteiger partial charge < -0.3 is 14.7 Å². The number of rotatable bonds is 5. The Labute approximate surface area is 166 Å². The molecule has 1 amide bonds. The fourth-order valence-corrected chi connectivity index (χ4v) is 4.16. The van der Waals surface area contributed by atoms with Crippen molar-refractivity contribution >= 4 is 22.0 Å². The second-order valence-corrected chi connectivity index (χ2v) is 9.47. The fraction of sp³-hybridized carbons (Fsp3) is 0.667. The Morgan fingerprint density at radius 2 is 2.12 bits per heavy atom. The lowest BCUT2D eigenvalue weighted by Gasteiger charge is -2.44. The summed E-state index contributed by atoms with van der Waals surface area (Å²) in [4.78, 5) is 13.2. The summed E-state index contributed by atoms with van der Waals surface area (Å²) in [5, 5.41) is 9.49. The van der Waals surface area contributed by atoms with Crippen molar-refractivity contribution in [3.8, 4) is 5.75 Å². The van der Waals surface area contributed by atoms with E-state index in [0.717, 1.165) is 41.5 Å². The first-order valence-corrected chi connectivity index (χ1v) is 10.3. The minimum atomic E-state index is -0.787. The molecule has 0 bridgehead atoms. The average molecular weight is 426 g/mol. The molecular weight excluding hydrogens is 394 g/mol. The van der Waals surface area contributed by atoms with Gasteiger partial charge in [0.25, 0.3) is 0 Å². The lowest BCUT2D eigenvalue weighted by Crippen LogP contribution is -2.51. The fourth-order valence-electron chi connectivity index (χ4n) is 3.81. The zero-order valence-corrected chi connectivity index (χ0v) is 18.2. The van der Waals surface area contributed by atoms with E-state index in [1.807, 2.05) is 18.2 Å². The zero-order valence-electron chi connectivity index (χ0n) is 16.6. The Hall–Kier alpha value is -1.23. The maximum absolute atomic E-state index is 11.5. The van der Waals surface area contributed by atoms with Gasteiger partial charge in [-0.1, -0.05) is 42.8 Å². The van der Waals surface area contributed by atoms with Gasteiger partial charge in [0.2, 0.25) is 0 Å². The van der Waals surface area contributed by atoms with Crippen LogP contribution in [-0.2, 0) is 0 Å². The summed E-state index contributed by atoms with van der Waals surface area (Å²) in [6, 6.07) is 6.12. The van der Waals surface area contributed by atoms with Crippen LogP contribution in [0.5, 0.6) is 5.75 Å². The molecule has 2 unspecified atom stereocenters. The average Bonchev–Trinajstić information content (AvgIpc) is 2.56. The van der Waals surface area contributed by atoms with Crippen molar-refractivity contribution in [1.82, 2.24) is 4.90 Å². The Balaban J connectivity index is 1.91. The van der Waals surface area contributed by atoms with Crippen molar-refractivity contribution in [1.29, 1.82) is 0 Å². The van der Waals surface area contributed by atoms with E-state index in [0.29, 0.717) is 12.5 Å². The van der Waals surface area contributed by atoms with Crippen molar-refractivity contribution in [3.05, 3.63) is 28.2 Å². The normalized spacial score (nSPS) is 22.2. The molecule has 0 aliphatic carbocycles. The third kappa shape index (κ3) is 5.38. The van der Waals surface area contributed by atoms with Crippen LogP contribution in [0.1, 0.15) is 58.9 Å². The second-order valence-electron chi connectivity index (χ2n) is 8.62. The van der Waals surface area contributed by atoms with Gasteiger partial charge in [0.15, 0.2) is 0 Å². The Morgan fingerprint density at radius 1 is 1.42 bits per heavy atom. The molecule has 1 aromatic carbocycles. The summed E-state index contributed by atoms with van der Waals surface area (Å²) in [6.45, 7) is 11.2. The highest BCUT2D eigenvalue weighted by molar-refractivity contribution is 9.10. The van der Waals surface area contributed by atoms with Gasteiger partial charge in [0.1, 0.15) is 5.75 Å². The van der Waals surface area contributed by atoms with Gasteiger partial charge in [-0.15, -0.1) is 0 Å². The molecule has 4 nitrogen and oxygen atoms in total. The largest absolute Gasteiger partial charge is 0.490 e. The van der Waals surface area contributed by atoms with E-state index >= 15 is 0 Å². The molecule has 0 aromatic heterocycles. The number of halogens is 1.